The molecular formula is C26H42O10. The molecule has 0 aromatic heterocycles. The summed E-state index contributed by atoms with van der Waals surface area (Å²) >= 11 is 0. The fourth-order valence-electron chi connectivity index (χ4n) is 9.38. The lowest BCUT2D eigenvalue weighted by Crippen LogP contribution is -2.60. The third kappa shape index (κ3) is 3.78. The summed E-state index contributed by atoms with van der Waals surface area (Å²) in [5.41, 5.74) is -1.97. The topological polar surface area (TPSA) is 166 Å². The van der Waals surface area contributed by atoms with E-state index in [1.807, 2.05) is 6.92 Å². The molecular weight excluding hydrogens is 472 g/mol. The summed E-state index contributed by atoms with van der Waals surface area (Å²) in [6.07, 6.45) is 0.0828. The first-order valence-electron chi connectivity index (χ1n) is 13.5. The van der Waals surface area contributed by atoms with Gasteiger partial charge in [0.1, 0.15) is 24.4 Å². The van der Waals surface area contributed by atoms with Crippen molar-refractivity contribution in [3.63, 3.8) is 0 Å². The largest absolute Gasteiger partial charge is 0.394 e. The highest BCUT2D eigenvalue weighted by Gasteiger charge is 2.68. The van der Waals surface area contributed by atoms with Crippen molar-refractivity contribution in [3.8, 4) is 0 Å². The second-order valence-electron chi connectivity index (χ2n) is 12.9. The Labute approximate surface area is 211 Å². The quantitative estimate of drug-likeness (QED) is 0.223. The highest BCUT2D eigenvalue weighted by Crippen LogP contribution is 2.73. The summed E-state index contributed by atoms with van der Waals surface area (Å²) < 4.78 is 5.31. The van der Waals surface area contributed by atoms with Crippen LogP contribution in [0.3, 0.4) is 0 Å². The summed E-state index contributed by atoms with van der Waals surface area (Å²) in [6.45, 7) is 3.39. The Bertz CT molecular complexity index is 853. The molecule has 0 aromatic rings. The predicted octanol–water partition coefficient (Wildman–Crippen LogP) is 0.397. The molecule has 5 aliphatic rings. The van der Waals surface area contributed by atoms with E-state index in [9.17, 15) is 35.4 Å². The van der Waals surface area contributed by atoms with E-state index in [0.717, 1.165) is 44.9 Å². The summed E-state index contributed by atoms with van der Waals surface area (Å²) in [7, 11) is 0. The predicted molar refractivity (Wildman–Crippen MR) is 124 cm³/mol. The molecule has 2 bridgehead atoms. The molecule has 1 aliphatic heterocycles. The number of carbonyl (C=O) groups is 1. The van der Waals surface area contributed by atoms with Crippen molar-refractivity contribution in [2.45, 2.75) is 108 Å². The number of aliphatic hydroxyl groups excluding tert-OH is 5. The average molecular weight is 515 g/mol. The van der Waals surface area contributed by atoms with Crippen LogP contribution in [-0.4, -0.2) is 86.1 Å². The van der Waals surface area contributed by atoms with E-state index in [2.05, 4.69) is 6.92 Å². The number of ether oxygens (including phenoxy) is 1. The van der Waals surface area contributed by atoms with Crippen LogP contribution in [-0.2, 0) is 19.3 Å². The molecule has 6 N–H and O–H groups in total. The van der Waals surface area contributed by atoms with Gasteiger partial charge >= 0.3 is 5.97 Å². The van der Waals surface area contributed by atoms with Gasteiger partial charge in [-0.15, -0.1) is 4.89 Å². The molecule has 0 amide bonds. The van der Waals surface area contributed by atoms with Gasteiger partial charge in [0.2, 0.25) is 6.29 Å². The Morgan fingerprint density at radius 3 is 2.42 bits per heavy atom. The highest BCUT2D eigenvalue weighted by atomic mass is 17.2. The van der Waals surface area contributed by atoms with Gasteiger partial charge < -0.3 is 35.4 Å². The van der Waals surface area contributed by atoms with Gasteiger partial charge in [-0.25, -0.2) is 4.79 Å². The molecule has 1 spiro atoms. The Hall–Kier alpha value is -0.850. The van der Waals surface area contributed by atoms with Gasteiger partial charge in [0.15, 0.2) is 0 Å². The second-order valence-corrected chi connectivity index (χ2v) is 12.9. The van der Waals surface area contributed by atoms with Crippen molar-refractivity contribution in [3.05, 3.63) is 0 Å². The minimum atomic E-state index is -1.66. The lowest BCUT2D eigenvalue weighted by molar-refractivity contribution is -0.409. The molecule has 1 heterocycles. The molecule has 0 radical (unpaired) electrons. The molecule has 10 heteroatoms. The van der Waals surface area contributed by atoms with Gasteiger partial charge in [-0.2, -0.15) is 0 Å². The number of rotatable bonds is 5. The summed E-state index contributed by atoms with van der Waals surface area (Å²) in [6, 6.07) is 0. The second kappa shape index (κ2) is 9.12. The molecule has 4 aliphatic carbocycles. The molecule has 1 saturated heterocycles. The summed E-state index contributed by atoms with van der Waals surface area (Å²) in [5.74, 6) is -0.0388. The highest BCUT2D eigenvalue weighted by molar-refractivity contribution is 5.76. The van der Waals surface area contributed by atoms with Gasteiger partial charge in [0.25, 0.3) is 0 Å². The van der Waals surface area contributed by atoms with Gasteiger partial charge in [-0.05, 0) is 86.9 Å². The van der Waals surface area contributed by atoms with Crippen LogP contribution < -0.4 is 0 Å². The van der Waals surface area contributed by atoms with E-state index in [4.69, 9.17) is 14.5 Å². The maximum absolute atomic E-state index is 13.5. The van der Waals surface area contributed by atoms with Crippen LogP contribution in [0.15, 0.2) is 0 Å². The number of hydrogen-bond acceptors (Lipinski definition) is 10. The third-order valence-electron chi connectivity index (χ3n) is 11.1. The molecule has 4 saturated carbocycles. The third-order valence-corrected chi connectivity index (χ3v) is 11.1. The van der Waals surface area contributed by atoms with Crippen LogP contribution in [0.25, 0.3) is 0 Å². The molecule has 12 atom stereocenters. The fraction of sp³-hybridized carbons (Fsp3) is 0.962. The SMILES string of the molecule is C[C@@]1(C(=O)OO[C@@H]2O[C@H](CO)[C@@H](O)[C@H](O)[C@H]2O)CCC[C@]2(C)C1CCC13CC(CC[C@H]12)C(O)(CO)C3. The van der Waals surface area contributed by atoms with E-state index < -0.39 is 54.3 Å². The van der Waals surface area contributed by atoms with E-state index in [-0.39, 0.29) is 29.3 Å². The van der Waals surface area contributed by atoms with Crippen LogP contribution in [0, 0.1) is 34.0 Å². The molecule has 0 aromatic carbocycles. The Morgan fingerprint density at radius 1 is 0.972 bits per heavy atom. The Kier molecular flexibility index (Phi) is 6.77. The van der Waals surface area contributed by atoms with Crippen molar-refractivity contribution < 1.29 is 49.9 Å². The smallest absolute Gasteiger partial charge is 0.348 e. The van der Waals surface area contributed by atoms with Crippen molar-refractivity contribution in [1.82, 2.24) is 0 Å². The number of aliphatic hydroxyl groups is 6. The van der Waals surface area contributed by atoms with Gasteiger partial charge in [-0.1, -0.05) is 13.3 Å². The zero-order chi connectivity index (χ0) is 26.1. The van der Waals surface area contributed by atoms with E-state index >= 15 is 0 Å². The van der Waals surface area contributed by atoms with E-state index in [1.54, 1.807) is 0 Å². The maximum Gasteiger partial charge on any atom is 0.348 e. The van der Waals surface area contributed by atoms with Crippen LogP contribution in [0.1, 0.15) is 71.6 Å². The first kappa shape index (κ1) is 26.7. The first-order valence-corrected chi connectivity index (χ1v) is 13.5. The molecule has 5 fully saturated rings. The van der Waals surface area contributed by atoms with Crippen LogP contribution in [0.2, 0.25) is 0 Å². The van der Waals surface area contributed by atoms with Crippen molar-refractivity contribution >= 4 is 5.97 Å². The van der Waals surface area contributed by atoms with Crippen molar-refractivity contribution in [2.75, 3.05) is 13.2 Å². The summed E-state index contributed by atoms with van der Waals surface area (Å²) in [5, 5.41) is 60.6. The minimum Gasteiger partial charge on any atom is -0.394 e. The summed E-state index contributed by atoms with van der Waals surface area (Å²) in [4.78, 5) is 23.9. The zero-order valence-electron chi connectivity index (χ0n) is 21.2. The lowest BCUT2D eigenvalue weighted by Gasteiger charge is -2.63. The van der Waals surface area contributed by atoms with E-state index in [1.165, 1.54) is 0 Å². The molecule has 4 unspecified atom stereocenters. The van der Waals surface area contributed by atoms with Gasteiger partial charge in [-0.3, -0.25) is 4.89 Å². The first-order chi connectivity index (χ1) is 16.9. The van der Waals surface area contributed by atoms with Gasteiger partial charge in [0, 0.05) is 0 Å². The average Bonchev–Trinajstić information content (AvgIpc) is 3.06. The van der Waals surface area contributed by atoms with Crippen LogP contribution in [0.5, 0.6) is 0 Å². The molecule has 36 heavy (non-hydrogen) atoms. The Balaban J connectivity index is 1.32. The van der Waals surface area contributed by atoms with Crippen LogP contribution in [0.4, 0.5) is 0 Å². The number of fused-ring (bicyclic) bond motifs is 3. The molecule has 10 nitrogen and oxygen atoms in total. The maximum atomic E-state index is 13.5. The number of carbonyl (C=O) groups excluding carboxylic acids is 1. The molecule has 5 rings (SSSR count). The zero-order valence-corrected chi connectivity index (χ0v) is 21.2. The monoisotopic (exact) mass is 514 g/mol. The normalized spacial score (nSPS) is 54.4. The van der Waals surface area contributed by atoms with E-state index in [0.29, 0.717) is 18.8 Å². The Morgan fingerprint density at radius 2 is 1.72 bits per heavy atom. The molecule has 206 valence electrons. The minimum absolute atomic E-state index is 0.0133. The van der Waals surface area contributed by atoms with Crippen molar-refractivity contribution in [1.29, 1.82) is 0 Å². The fourth-order valence-corrected chi connectivity index (χ4v) is 9.38. The van der Waals surface area contributed by atoms with Gasteiger partial charge in [0.05, 0.1) is 24.2 Å². The van der Waals surface area contributed by atoms with Crippen LogP contribution >= 0.6 is 0 Å². The lowest BCUT2D eigenvalue weighted by atomic mass is 9.41. The standard InChI is InChI=1S/C26H42O10/c1-23-7-3-8-24(2,22(32)36-35-21-20(31)19(30)18(29)15(11-27)34-21)16(23)6-9-25-10-14(4-5-17(23)25)26(33,12-25)13-28/h14-21,27-31,33H,3-13H2,1-2H3/t14?,15-,16?,17+,18-,19+,20-,21+,23-,24-,25?,26?/m1/s1. The number of hydrogen-bond donors (Lipinski definition) is 6. The van der Waals surface area contributed by atoms with Crippen molar-refractivity contribution in [2.24, 2.45) is 34.0 Å².